The number of rotatable bonds is 6. The van der Waals surface area contributed by atoms with Gasteiger partial charge in [0.05, 0.1) is 4.90 Å². The third kappa shape index (κ3) is 4.67. The summed E-state index contributed by atoms with van der Waals surface area (Å²) in [7, 11) is -3.68. The van der Waals surface area contributed by atoms with E-state index in [9.17, 15) is 12.8 Å². The van der Waals surface area contributed by atoms with E-state index in [-0.39, 0.29) is 10.9 Å². The highest BCUT2D eigenvalue weighted by molar-refractivity contribution is 7.99. The maximum absolute atomic E-state index is 13.5. The second-order valence-corrected chi connectivity index (χ2v) is 7.95. The average Bonchev–Trinajstić information content (AvgIpc) is 2.46. The fourth-order valence-electron chi connectivity index (χ4n) is 2.28. The Labute approximate surface area is 129 Å². The standard InChI is InChI=1S/C14H21FN2O2S2/c1-2-16-10-11-3-4-12(15)9-14(11)21(18,19)17-13-5-7-20-8-6-13/h3-4,9,13,16-17H,2,5-8,10H2,1H3. The largest absolute Gasteiger partial charge is 0.313 e. The maximum Gasteiger partial charge on any atom is 0.241 e. The first kappa shape index (κ1) is 16.7. The summed E-state index contributed by atoms with van der Waals surface area (Å²) in [6.07, 6.45) is 1.64. The van der Waals surface area contributed by atoms with Gasteiger partial charge in [-0.3, -0.25) is 0 Å². The lowest BCUT2D eigenvalue weighted by Crippen LogP contribution is -2.37. The molecule has 1 saturated heterocycles. The summed E-state index contributed by atoms with van der Waals surface area (Å²) in [5.41, 5.74) is 0.593. The van der Waals surface area contributed by atoms with Gasteiger partial charge in [-0.2, -0.15) is 11.8 Å². The van der Waals surface area contributed by atoms with Crippen LogP contribution in [0.3, 0.4) is 0 Å². The third-order valence-corrected chi connectivity index (χ3v) is 6.08. The smallest absolute Gasteiger partial charge is 0.241 e. The Kier molecular flexibility index (Phi) is 6.04. The third-order valence-electron chi connectivity index (χ3n) is 3.43. The Morgan fingerprint density at radius 3 is 2.71 bits per heavy atom. The molecule has 0 bridgehead atoms. The Morgan fingerprint density at radius 1 is 1.33 bits per heavy atom. The van der Waals surface area contributed by atoms with E-state index in [2.05, 4.69) is 10.0 Å². The van der Waals surface area contributed by atoms with Crippen LogP contribution < -0.4 is 10.0 Å². The zero-order chi connectivity index (χ0) is 15.3. The first-order valence-electron chi connectivity index (χ1n) is 7.12. The van der Waals surface area contributed by atoms with Gasteiger partial charge >= 0.3 is 0 Å². The first-order chi connectivity index (χ1) is 10.0. The zero-order valence-electron chi connectivity index (χ0n) is 12.1. The van der Waals surface area contributed by atoms with Gasteiger partial charge in [0.2, 0.25) is 10.0 Å². The number of sulfonamides is 1. The molecule has 0 radical (unpaired) electrons. The predicted octanol–water partition coefficient (Wildman–Crippen LogP) is 2.11. The van der Waals surface area contributed by atoms with Crippen LogP contribution in [-0.2, 0) is 16.6 Å². The summed E-state index contributed by atoms with van der Waals surface area (Å²) >= 11 is 1.83. The molecule has 1 fully saturated rings. The van der Waals surface area contributed by atoms with Crippen molar-refractivity contribution in [2.45, 2.75) is 37.2 Å². The number of benzene rings is 1. The predicted molar refractivity (Wildman–Crippen MR) is 84.4 cm³/mol. The van der Waals surface area contributed by atoms with Crippen LogP contribution in [0.4, 0.5) is 4.39 Å². The van der Waals surface area contributed by atoms with Crippen LogP contribution in [0.25, 0.3) is 0 Å². The van der Waals surface area contributed by atoms with E-state index >= 15 is 0 Å². The second kappa shape index (κ2) is 7.58. The normalized spacial score (nSPS) is 17.0. The monoisotopic (exact) mass is 332 g/mol. The van der Waals surface area contributed by atoms with Crippen LogP contribution in [-0.4, -0.2) is 32.5 Å². The molecule has 21 heavy (non-hydrogen) atoms. The van der Waals surface area contributed by atoms with Crippen LogP contribution >= 0.6 is 11.8 Å². The van der Waals surface area contributed by atoms with Crippen molar-refractivity contribution in [3.8, 4) is 0 Å². The second-order valence-electron chi connectivity index (χ2n) is 5.04. The van der Waals surface area contributed by atoms with E-state index in [1.165, 1.54) is 12.1 Å². The molecule has 0 aromatic heterocycles. The van der Waals surface area contributed by atoms with Crippen LogP contribution in [0.1, 0.15) is 25.3 Å². The molecule has 0 atom stereocenters. The molecular weight excluding hydrogens is 311 g/mol. The Hall–Kier alpha value is -0.630. The molecule has 0 saturated carbocycles. The summed E-state index contributed by atoms with van der Waals surface area (Å²) in [4.78, 5) is 0.0432. The van der Waals surface area contributed by atoms with Gasteiger partial charge in [0.1, 0.15) is 5.82 Å². The lowest BCUT2D eigenvalue weighted by molar-refractivity contribution is 0.526. The van der Waals surface area contributed by atoms with Crippen molar-refractivity contribution in [1.29, 1.82) is 0 Å². The van der Waals surface area contributed by atoms with Gasteiger partial charge in [0, 0.05) is 12.6 Å². The molecule has 0 unspecified atom stereocenters. The molecule has 2 N–H and O–H groups in total. The molecule has 0 spiro atoms. The van der Waals surface area contributed by atoms with Crippen molar-refractivity contribution in [2.24, 2.45) is 0 Å². The molecule has 4 nitrogen and oxygen atoms in total. The van der Waals surface area contributed by atoms with E-state index in [1.807, 2.05) is 18.7 Å². The molecule has 1 aliphatic rings. The Balaban J connectivity index is 2.22. The summed E-state index contributed by atoms with van der Waals surface area (Å²) in [6.45, 7) is 3.08. The Morgan fingerprint density at radius 2 is 2.05 bits per heavy atom. The number of hydrogen-bond acceptors (Lipinski definition) is 4. The van der Waals surface area contributed by atoms with Crippen LogP contribution in [0.5, 0.6) is 0 Å². The van der Waals surface area contributed by atoms with Gasteiger partial charge in [-0.25, -0.2) is 17.5 Å². The highest BCUT2D eigenvalue weighted by atomic mass is 32.2. The van der Waals surface area contributed by atoms with E-state index in [1.54, 1.807) is 0 Å². The fourth-order valence-corrected chi connectivity index (χ4v) is 4.94. The molecule has 0 amide bonds. The quantitative estimate of drug-likeness (QED) is 0.838. The number of nitrogens with one attached hydrogen (secondary N) is 2. The van der Waals surface area contributed by atoms with Gasteiger partial charge < -0.3 is 5.32 Å². The average molecular weight is 332 g/mol. The summed E-state index contributed by atoms with van der Waals surface area (Å²) in [6, 6.07) is 3.88. The molecular formula is C14H21FN2O2S2. The molecule has 2 rings (SSSR count). The summed E-state index contributed by atoms with van der Waals surface area (Å²) in [5.74, 6) is 1.39. The van der Waals surface area contributed by atoms with Crippen LogP contribution in [0.15, 0.2) is 23.1 Å². The molecule has 1 aliphatic heterocycles. The SMILES string of the molecule is CCNCc1ccc(F)cc1S(=O)(=O)NC1CCSCC1. The molecule has 1 heterocycles. The minimum Gasteiger partial charge on any atom is -0.313 e. The van der Waals surface area contributed by atoms with Gasteiger partial charge in [0.25, 0.3) is 0 Å². The van der Waals surface area contributed by atoms with E-state index < -0.39 is 15.8 Å². The fraction of sp³-hybridized carbons (Fsp3) is 0.571. The highest BCUT2D eigenvalue weighted by Gasteiger charge is 2.24. The van der Waals surface area contributed by atoms with Gasteiger partial charge in [-0.15, -0.1) is 0 Å². The van der Waals surface area contributed by atoms with Crippen molar-refractivity contribution in [1.82, 2.24) is 10.0 Å². The van der Waals surface area contributed by atoms with Crippen LogP contribution in [0.2, 0.25) is 0 Å². The van der Waals surface area contributed by atoms with Gasteiger partial charge in [-0.1, -0.05) is 13.0 Å². The molecule has 0 aliphatic carbocycles. The van der Waals surface area contributed by atoms with Crippen molar-refractivity contribution in [2.75, 3.05) is 18.1 Å². The van der Waals surface area contributed by atoms with Gasteiger partial charge in [-0.05, 0) is 48.6 Å². The van der Waals surface area contributed by atoms with E-state index in [0.717, 1.165) is 37.0 Å². The van der Waals surface area contributed by atoms with Gasteiger partial charge in [0.15, 0.2) is 0 Å². The zero-order valence-corrected chi connectivity index (χ0v) is 13.7. The molecule has 118 valence electrons. The topological polar surface area (TPSA) is 58.2 Å². The number of halogens is 1. The maximum atomic E-state index is 13.5. The summed E-state index contributed by atoms with van der Waals surface area (Å²) < 4.78 is 41.2. The van der Waals surface area contributed by atoms with Crippen molar-refractivity contribution >= 4 is 21.8 Å². The lowest BCUT2D eigenvalue weighted by atomic mass is 10.2. The van der Waals surface area contributed by atoms with Crippen LogP contribution in [0, 0.1) is 5.82 Å². The first-order valence-corrected chi connectivity index (χ1v) is 9.76. The highest BCUT2D eigenvalue weighted by Crippen LogP contribution is 2.22. The number of hydrogen-bond donors (Lipinski definition) is 2. The minimum absolute atomic E-state index is 0.0432. The molecule has 1 aromatic rings. The lowest BCUT2D eigenvalue weighted by Gasteiger charge is -2.23. The van der Waals surface area contributed by atoms with E-state index in [4.69, 9.17) is 0 Å². The van der Waals surface area contributed by atoms with Crippen molar-refractivity contribution < 1.29 is 12.8 Å². The van der Waals surface area contributed by atoms with Crippen molar-refractivity contribution in [3.05, 3.63) is 29.6 Å². The van der Waals surface area contributed by atoms with Crippen molar-refractivity contribution in [3.63, 3.8) is 0 Å². The molecule has 1 aromatic carbocycles. The van der Waals surface area contributed by atoms with E-state index in [0.29, 0.717) is 12.1 Å². The Bertz CT molecular complexity index is 572. The minimum atomic E-state index is -3.68. The summed E-state index contributed by atoms with van der Waals surface area (Å²) in [5, 5.41) is 3.08. The number of thioether (sulfide) groups is 1. The molecule has 7 heteroatoms.